The van der Waals surface area contributed by atoms with Gasteiger partial charge in [-0.25, -0.2) is 14.4 Å². The highest BCUT2D eigenvalue weighted by Gasteiger charge is 2.39. The van der Waals surface area contributed by atoms with E-state index in [0.29, 0.717) is 12.0 Å². The number of aromatic nitrogens is 2. The molecule has 0 aromatic carbocycles. The zero-order valence-electron chi connectivity index (χ0n) is 17.2. The summed E-state index contributed by atoms with van der Waals surface area (Å²) in [6.45, 7) is 1.35. The van der Waals surface area contributed by atoms with Crippen molar-refractivity contribution in [1.29, 1.82) is 0 Å². The molecule has 0 bridgehead atoms. The van der Waals surface area contributed by atoms with Crippen molar-refractivity contribution in [2.24, 2.45) is 5.11 Å². The first-order valence-corrected chi connectivity index (χ1v) is 9.91. The van der Waals surface area contributed by atoms with E-state index in [1.54, 1.807) is 6.92 Å². The van der Waals surface area contributed by atoms with Crippen LogP contribution in [0.25, 0.3) is 10.4 Å². The second-order valence-electron chi connectivity index (χ2n) is 7.62. The van der Waals surface area contributed by atoms with Crippen LogP contribution < -0.4 is 11.2 Å². The first-order valence-electron chi connectivity index (χ1n) is 9.91. The highest BCUT2D eigenvalue weighted by molar-refractivity contribution is 6.32. The molecule has 1 aromatic rings. The summed E-state index contributed by atoms with van der Waals surface area (Å²) in [6.07, 6.45) is 0.881. The Labute approximate surface area is 180 Å². The van der Waals surface area contributed by atoms with Crippen molar-refractivity contribution >= 4 is 17.8 Å². The van der Waals surface area contributed by atoms with E-state index < -0.39 is 60.0 Å². The van der Waals surface area contributed by atoms with Crippen LogP contribution >= 0.6 is 0 Å². The lowest BCUT2D eigenvalue weighted by atomic mass is 10.1. The van der Waals surface area contributed by atoms with Crippen LogP contribution in [0.15, 0.2) is 20.9 Å². The Morgan fingerprint density at radius 2 is 2.16 bits per heavy atom. The highest BCUT2D eigenvalue weighted by atomic mass is 16.6. The lowest BCUT2D eigenvalue weighted by Crippen LogP contribution is -2.45. The summed E-state index contributed by atoms with van der Waals surface area (Å²) in [5.41, 5.74) is 8.02. The van der Waals surface area contributed by atoms with E-state index in [0.717, 1.165) is 4.90 Å². The molecule has 2 aliphatic heterocycles. The van der Waals surface area contributed by atoms with Crippen molar-refractivity contribution < 1.29 is 29.0 Å². The monoisotopic (exact) mass is 450 g/mol. The summed E-state index contributed by atoms with van der Waals surface area (Å²) in [4.78, 5) is 65.0. The molecular formula is C18H22N6O8. The molecule has 14 heteroatoms. The first kappa shape index (κ1) is 23.0. The fourth-order valence-electron chi connectivity index (χ4n) is 3.85. The van der Waals surface area contributed by atoms with E-state index in [2.05, 4.69) is 15.0 Å². The number of rotatable bonds is 6. The predicted molar refractivity (Wildman–Crippen MR) is 106 cm³/mol. The fraction of sp³-hybridized carbons (Fsp3) is 0.611. The average molecular weight is 450 g/mol. The third kappa shape index (κ3) is 4.98. The summed E-state index contributed by atoms with van der Waals surface area (Å²) >= 11 is 0. The predicted octanol–water partition coefficient (Wildman–Crippen LogP) is -0.700. The van der Waals surface area contributed by atoms with Crippen molar-refractivity contribution in [2.45, 2.75) is 57.0 Å². The Morgan fingerprint density at radius 3 is 2.84 bits per heavy atom. The maximum absolute atomic E-state index is 12.3. The fourth-order valence-corrected chi connectivity index (χ4v) is 3.85. The summed E-state index contributed by atoms with van der Waals surface area (Å²) in [5.74, 6) is -3.47. The number of nitrogens with zero attached hydrogens (tertiary/aromatic N) is 5. The van der Waals surface area contributed by atoms with Gasteiger partial charge in [-0.15, -0.1) is 0 Å². The van der Waals surface area contributed by atoms with Gasteiger partial charge in [-0.2, -0.15) is 0 Å². The quantitative estimate of drug-likeness (QED) is 0.186. The number of azide groups is 1. The van der Waals surface area contributed by atoms with Gasteiger partial charge in [-0.3, -0.25) is 19.1 Å². The number of hydrogen-bond acceptors (Lipinski definition) is 8. The van der Waals surface area contributed by atoms with Gasteiger partial charge in [0.15, 0.2) is 0 Å². The maximum Gasteiger partial charge on any atom is 0.397 e. The Bertz CT molecular complexity index is 1070. The van der Waals surface area contributed by atoms with Gasteiger partial charge in [0.2, 0.25) is 0 Å². The van der Waals surface area contributed by atoms with E-state index in [4.69, 9.17) is 20.1 Å². The summed E-state index contributed by atoms with van der Waals surface area (Å²) in [6, 6.07) is -1.79. The molecule has 0 aliphatic carbocycles. The number of aromatic amines is 1. The molecule has 4 atom stereocenters. The number of nitrogens with one attached hydrogen (secondary N) is 1. The number of carbonyl (C=O) groups excluding carboxylic acids is 2. The maximum atomic E-state index is 12.3. The lowest BCUT2D eigenvalue weighted by Gasteiger charge is -2.21. The molecule has 2 fully saturated rings. The van der Waals surface area contributed by atoms with Crippen LogP contribution in [-0.2, 0) is 30.4 Å². The molecule has 32 heavy (non-hydrogen) atoms. The second kappa shape index (κ2) is 9.66. The zero-order chi connectivity index (χ0) is 23.4. The van der Waals surface area contributed by atoms with Crippen LogP contribution in [0.1, 0.15) is 24.8 Å². The minimum atomic E-state index is -1.22. The highest BCUT2D eigenvalue weighted by Crippen LogP contribution is 2.25. The summed E-state index contributed by atoms with van der Waals surface area (Å²) in [7, 11) is 0. The van der Waals surface area contributed by atoms with Gasteiger partial charge in [-0.1, -0.05) is 5.11 Å². The number of H-pyrrole nitrogens is 1. The molecule has 0 saturated carbocycles. The SMILES string of the molecule is Cc1cn(C[C@H]2C[C@H](N=[N+]=[N-])[C@@H](COC(=O)C(=O)N3CCC[C@H]3C(=O)O)O2)c(=O)[nH]c1=O. The van der Waals surface area contributed by atoms with Gasteiger partial charge in [0.25, 0.3) is 5.56 Å². The number of hydrogen-bond donors (Lipinski definition) is 2. The van der Waals surface area contributed by atoms with Gasteiger partial charge in [0.05, 0.1) is 18.7 Å². The van der Waals surface area contributed by atoms with E-state index in [1.165, 1.54) is 10.8 Å². The molecule has 1 amide bonds. The molecule has 2 aliphatic rings. The summed E-state index contributed by atoms with van der Waals surface area (Å²) < 4.78 is 12.0. The number of carboxylic acids is 1. The zero-order valence-corrected chi connectivity index (χ0v) is 17.2. The van der Waals surface area contributed by atoms with Gasteiger partial charge >= 0.3 is 23.5 Å². The first-order chi connectivity index (χ1) is 15.2. The number of esters is 1. The molecule has 0 unspecified atom stereocenters. The van der Waals surface area contributed by atoms with Crippen molar-refractivity contribution in [3.8, 4) is 0 Å². The van der Waals surface area contributed by atoms with Crippen molar-refractivity contribution in [1.82, 2.24) is 14.5 Å². The Morgan fingerprint density at radius 1 is 1.41 bits per heavy atom. The lowest BCUT2D eigenvalue weighted by molar-refractivity contribution is -0.165. The largest absolute Gasteiger partial charge is 0.480 e. The second-order valence-corrected chi connectivity index (χ2v) is 7.62. The smallest absolute Gasteiger partial charge is 0.397 e. The number of carbonyl (C=O) groups is 3. The normalized spacial score (nSPS) is 24.7. The molecule has 172 valence electrons. The molecule has 3 rings (SSSR count). The molecule has 14 nitrogen and oxygen atoms in total. The van der Waals surface area contributed by atoms with E-state index in [9.17, 15) is 24.0 Å². The van der Waals surface area contributed by atoms with Crippen LogP contribution in [0.3, 0.4) is 0 Å². The molecular weight excluding hydrogens is 428 g/mol. The van der Waals surface area contributed by atoms with E-state index in [1.807, 2.05) is 0 Å². The van der Waals surface area contributed by atoms with Crippen LogP contribution in [-0.4, -0.2) is 74.8 Å². The molecule has 2 saturated heterocycles. The Kier molecular flexibility index (Phi) is 6.95. The molecule has 3 heterocycles. The number of aryl methyl sites for hydroxylation is 1. The van der Waals surface area contributed by atoms with Crippen LogP contribution in [0, 0.1) is 6.92 Å². The molecule has 1 aromatic heterocycles. The topological polar surface area (TPSA) is 197 Å². The third-order valence-corrected chi connectivity index (χ3v) is 5.44. The van der Waals surface area contributed by atoms with E-state index >= 15 is 0 Å². The number of ether oxygens (including phenoxy) is 2. The van der Waals surface area contributed by atoms with Gasteiger partial charge < -0.3 is 19.5 Å². The minimum absolute atomic E-state index is 0.0609. The van der Waals surface area contributed by atoms with Crippen molar-refractivity contribution in [3.05, 3.63) is 43.0 Å². The van der Waals surface area contributed by atoms with Crippen molar-refractivity contribution in [2.75, 3.05) is 13.2 Å². The van der Waals surface area contributed by atoms with Crippen molar-refractivity contribution in [3.63, 3.8) is 0 Å². The molecule has 0 spiro atoms. The Hall–Kier alpha value is -3.64. The number of amides is 1. The molecule has 0 radical (unpaired) electrons. The van der Waals surface area contributed by atoms with Gasteiger partial charge in [0.1, 0.15) is 18.8 Å². The van der Waals surface area contributed by atoms with Crippen LogP contribution in [0.5, 0.6) is 0 Å². The minimum Gasteiger partial charge on any atom is -0.480 e. The van der Waals surface area contributed by atoms with E-state index in [-0.39, 0.29) is 25.9 Å². The average Bonchev–Trinajstić information content (AvgIpc) is 3.37. The standard InChI is InChI=1S/C18H22N6O8/c1-9-6-23(18(30)20-14(9)25)7-10-5-11(21-22-19)13(32-10)8-31-17(29)15(26)24-4-2-3-12(24)16(27)28/h6,10-13H,2-5,7-8H2,1H3,(H,27,28)(H,20,25,30)/t10-,11+,12+,13-/m1/s1. The van der Waals surface area contributed by atoms with Gasteiger partial charge in [-0.05, 0) is 31.7 Å². The number of carboxylic acid groups (broad SMARTS) is 1. The Balaban J connectivity index is 1.62. The third-order valence-electron chi connectivity index (χ3n) is 5.44. The van der Waals surface area contributed by atoms with Crippen LogP contribution in [0.2, 0.25) is 0 Å². The summed E-state index contributed by atoms with van der Waals surface area (Å²) in [5, 5.41) is 12.8. The van der Waals surface area contributed by atoms with Gasteiger partial charge in [0, 0.05) is 23.2 Å². The van der Waals surface area contributed by atoms with Crippen LogP contribution in [0.4, 0.5) is 0 Å². The molecule has 2 N–H and O–H groups in total. The number of likely N-dealkylation sites (tertiary alicyclic amines) is 1. The number of aliphatic carboxylic acids is 1.